The summed E-state index contributed by atoms with van der Waals surface area (Å²) in [5, 5.41) is 9.27. The van der Waals surface area contributed by atoms with Crippen LogP contribution in [0.3, 0.4) is 0 Å². The number of nitrogens with zero attached hydrogens (tertiary/aromatic N) is 1. The van der Waals surface area contributed by atoms with Crippen LogP contribution in [-0.4, -0.2) is 34.3 Å². The van der Waals surface area contributed by atoms with Crippen LogP contribution in [0.2, 0.25) is 0 Å². The summed E-state index contributed by atoms with van der Waals surface area (Å²) in [6.07, 6.45) is 1.95. The highest BCUT2D eigenvalue weighted by molar-refractivity contribution is 5.91. The van der Waals surface area contributed by atoms with Crippen LogP contribution in [0.15, 0.2) is 18.2 Å². The number of aromatic carboxylic acids is 1. The van der Waals surface area contributed by atoms with Crippen molar-refractivity contribution >= 4 is 5.97 Å². The minimum Gasteiger partial charge on any atom is -0.478 e. The number of ether oxygens (including phenoxy) is 1. The Kier molecular flexibility index (Phi) is 3.98. The van der Waals surface area contributed by atoms with Crippen LogP contribution in [0.4, 0.5) is 0 Å². The van der Waals surface area contributed by atoms with Gasteiger partial charge in [0.05, 0.1) is 11.3 Å². The number of aromatic nitrogens is 2. The van der Waals surface area contributed by atoms with E-state index in [-0.39, 0.29) is 0 Å². The topological polar surface area (TPSA) is 75.2 Å². The number of benzene rings is 1. The molecule has 2 N–H and O–H groups in total. The largest absolute Gasteiger partial charge is 0.478 e. The van der Waals surface area contributed by atoms with Gasteiger partial charge in [-0.3, -0.25) is 0 Å². The molecule has 0 saturated carbocycles. The lowest BCUT2D eigenvalue weighted by atomic mass is 9.99. The average molecular weight is 300 g/mol. The monoisotopic (exact) mass is 300 g/mol. The molecule has 3 rings (SSSR count). The molecule has 1 aliphatic rings. The number of carboxylic acids is 1. The van der Waals surface area contributed by atoms with Crippen molar-refractivity contribution in [3.63, 3.8) is 0 Å². The van der Waals surface area contributed by atoms with Crippen LogP contribution in [0.5, 0.6) is 0 Å². The van der Waals surface area contributed by atoms with Gasteiger partial charge < -0.3 is 14.8 Å². The molecule has 0 amide bonds. The fraction of sp³-hybridized carbons (Fsp3) is 0.412. The second-order valence-electron chi connectivity index (χ2n) is 5.77. The van der Waals surface area contributed by atoms with E-state index in [4.69, 9.17) is 9.72 Å². The third kappa shape index (κ3) is 2.64. The van der Waals surface area contributed by atoms with E-state index < -0.39 is 5.97 Å². The number of aromatic amines is 1. The second-order valence-corrected chi connectivity index (χ2v) is 5.77. The lowest BCUT2D eigenvalue weighted by molar-refractivity contribution is 0.0696. The fourth-order valence-corrected chi connectivity index (χ4v) is 3.03. The van der Waals surface area contributed by atoms with Gasteiger partial charge in [-0.2, -0.15) is 0 Å². The van der Waals surface area contributed by atoms with Crippen molar-refractivity contribution in [3.8, 4) is 11.3 Å². The summed E-state index contributed by atoms with van der Waals surface area (Å²) in [4.78, 5) is 19.4. The molecule has 22 heavy (non-hydrogen) atoms. The minimum absolute atomic E-state index is 0.326. The van der Waals surface area contributed by atoms with Crippen LogP contribution in [0, 0.1) is 13.8 Å². The van der Waals surface area contributed by atoms with Crippen LogP contribution < -0.4 is 0 Å². The Labute approximate surface area is 129 Å². The van der Waals surface area contributed by atoms with Gasteiger partial charge in [0.1, 0.15) is 5.82 Å². The lowest BCUT2D eigenvalue weighted by Gasteiger charge is -2.19. The van der Waals surface area contributed by atoms with Gasteiger partial charge in [0.25, 0.3) is 0 Å². The van der Waals surface area contributed by atoms with Gasteiger partial charge in [-0.1, -0.05) is 12.1 Å². The van der Waals surface area contributed by atoms with E-state index in [2.05, 4.69) is 4.98 Å². The number of nitrogens with one attached hydrogen (secondary N) is 1. The van der Waals surface area contributed by atoms with Gasteiger partial charge in [-0.25, -0.2) is 9.78 Å². The fourth-order valence-electron chi connectivity index (χ4n) is 3.03. The maximum absolute atomic E-state index is 11.3. The summed E-state index contributed by atoms with van der Waals surface area (Å²) in [6.45, 7) is 5.36. The number of imidazole rings is 1. The summed E-state index contributed by atoms with van der Waals surface area (Å²) in [6, 6.07) is 5.33. The normalized spacial score (nSPS) is 15.9. The van der Waals surface area contributed by atoms with Crippen LogP contribution >= 0.6 is 0 Å². The molecule has 5 nitrogen and oxygen atoms in total. The van der Waals surface area contributed by atoms with Gasteiger partial charge in [0.2, 0.25) is 0 Å². The average Bonchev–Trinajstić information content (AvgIpc) is 2.90. The van der Waals surface area contributed by atoms with E-state index in [1.54, 1.807) is 12.1 Å². The standard InChI is InChI=1S/C17H20N2O3/c1-10-13(4-3-5-14(10)17(20)21)15-11(2)18-16(19-15)12-6-8-22-9-7-12/h3-5,12H,6-9H2,1-2H3,(H,18,19)(H,20,21). The maximum Gasteiger partial charge on any atom is 0.335 e. The lowest BCUT2D eigenvalue weighted by Crippen LogP contribution is -2.15. The van der Waals surface area contributed by atoms with Gasteiger partial charge in [0, 0.05) is 30.4 Å². The Bertz CT molecular complexity index is 700. The molecular formula is C17H20N2O3. The summed E-state index contributed by atoms with van der Waals surface area (Å²) in [5.41, 5.74) is 3.79. The van der Waals surface area contributed by atoms with Crippen molar-refractivity contribution in [2.45, 2.75) is 32.6 Å². The highest BCUT2D eigenvalue weighted by Gasteiger charge is 2.22. The first-order valence-corrected chi connectivity index (χ1v) is 7.55. The van der Waals surface area contributed by atoms with E-state index in [0.29, 0.717) is 11.5 Å². The Morgan fingerprint density at radius 1 is 1.32 bits per heavy atom. The van der Waals surface area contributed by atoms with Gasteiger partial charge >= 0.3 is 5.97 Å². The molecule has 0 unspecified atom stereocenters. The van der Waals surface area contributed by atoms with Crippen LogP contribution in [0.1, 0.15) is 46.2 Å². The smallest absolute Gasteiger partial charge is 0.335 e. The Balaban J connectivity index is 2.00. The molecule has 1 fully saturated rings. The van der Waals surface area contributed by atoms with Crippen molar-refractivity contribution in [3.05, 3.63) is 40.8 Å². The van der Waals surface area contributed by atoms with Crippen molar-refractivity contribution in [1.29, 1.82) is 0 Å². The summed E-state index contributed by atoms with van der Waals surface area (Å²) in [5.74, 6) is 0.470. The summed E-state index contributed by atoms with van der Waals surface area (Å²) in [7, 11) is 0. The number of carbonyl (C=O) groups is 1. The molecule has 1 aliphatic heterocycles. The number of carboxylic acid groups (broad SMARTS) is 1. The van der Waals surface area contributed by atoms with Crippen LogP contribution in [-0.2, 0) is 4.74 Å². The summed E-state index contributed by atoms with van der Waals surface area (Å²) < 4.78 is 5.40. The van der Waals surface area contributed by atoms with Crippen molar-refractivity contribution in [2.24, 2.45) is 0 Å². The van der Waals surface area contributed by atoms with Gasteiger partial charge in [0.15, 0.2) is 0 Å². The molecule has 1 saturated heterocycles. The quantitative estimate of drug-likeness (QED) is 0.912. The Morgan fingerprint density at radius 3 is 2.73 bits per heavy atom. The van der Waals surface area contributed by atoms with E-state index >= 15 is 0 Å². The molecule has 1 aromatic heterocycles. The zero-order chi connectivity index (χ0) is 15.7. The third-order valence-electron chi connectivity index (χ3n) is 4.33. The molecule has 5 heteroatoms. The number of H-pyrrole nitrogens is 1. The zero-order valence-electron chi connectivity index (χ0n) is 12.8. The van der Waals surface area contributed by atoms with E-state index in [1.165, 1.54) is 0 Å². The van der Waals surface area contributed by atoms with Crippen molar-refractivity contribution < 1.29 is 14.6 Å². The summed E-state index contributed by atoms with van der Waals surface area (Å²) >= 11 is 0. The first-order valence-electron chi connectivity index (χ1n) is 7.55. The molecule has 0 spiro atoms. The van der Waals surface area contributed by atoms with E-state index in [0.717, 1.165) is 54.4 Å². The number of rotatable bonds is 3. The van der Waals surface area contributed by atoms with Crippen molar-refractivity contribution in [2.75, 3.05) is 13.2 Å². The molecular weight excluding hydrogens is 280 g/mol. The third-order valence-corrected chi connectivity index (χ3v) is 4.33. The number of hydrogen-bond donors (Lipinski definition) is 2. The number of aryl methyl sites for hydroxylation is 1. The first-order chi connectivity index (χ1) is 10.6. The van der Waals surface area contributed by atoms with E-state index in [1.807, 2.05) is 19.9 Å². The molecule has 0 atom stereocenters. The zero-order valence-corrected chi connectivity index (χ0v) is 12.8. The molecule has 2 aromatic rings. The SMILES string of the molecule is Cc1[nH]c(C2CCOCC2)nc1-c1cccc(C(=O)O)c1C. The molecule has 116 valence electrons. The predicted molar refractivity (Wildman–Crippen MR) is 83.3 cm³/mol. The maximum atomic E-state index is 11.3. The van der Waals surface area contributed by atoms with Gasteiger partial charge in [-0.05, 0) is 38.3 Å². The molecule has 2 heterocycles. The minimum atomic E-state index is -0.905. The number of hydrogen-bond acceptors (Lipinski definition) is 3. The second kappa shape index (κ2) is 5.93. The predicted octanol–water partition coefficient (Wildman–Crippen LogP) is 3.29. The highest BCUT2D eigenvalue weighted by atomic mass is 16.5. The van der Waals surface area contributed by atoms with Gasteiger partial charge in [-0.15, -0.1) is 0 Å². The molecule has 0 radical (unpaired) electrons. The highest BCUT2D eigenvalue weighted by Crippen LogP contribution is 2.31. The molecule has 0 bridgehead atoms. The Morgan fingerprint density at radius 2 is 2.05 bits per heavy atom. The molecule has 1 aromatic carbocycles. The van der Waals surface area contributed by atoms with Crippen LogP contribution in [0.25, 0.3) is 11.3 Å². The Hall–Kier alpha value is -2.14. The first kappa shape index (κ1) is 14.8. The van der Waals surface area contributed by atoms with Crippen molar-refractivity contribution in [1.82, 2.24) is 9.97 Å². The molecule has 0 aliphatic carbocycles. The van der Waals surface area contributed by atoms with E-state index in [9.17, 15) is 9.90 Å².